The van der Waals surface area contributed by atoms with Crippen molar-refractivity contribution in [3.05, 3.63) is 0 Å². The maximum Gasteiger partial charge on any atom is 0.0788 e. The van der Waals surface area contributed by atoms with Crippen molar-refractivity contribution in [1.29, 1.82) is 0 Å². The molecule has 0 radical (unpaired) electrons. The highest BCUT2D eigenvalue weighted by Crippen LogP contribution is 2.22. The third kappa shape index (κ3) is 12.1. The zero-order chi connectivity index (χ0) is 18.1. The lowest BCUT2D eigenvalue weighted by atomic mass is 10.0. The molecule has 0 bridgehead atoms. The number of quaternary nitrogens is 1. The van der Waals surface area contributed by atoms with E-state index in [0.717, 1.165) is 0 Å². The lowest BCUT2D eigenvalue weighted by molar-refractivity contribution is -0.917. The van der Waals surface area contributed by atoms with Crippen molar-refractivity contribution in [2.24, 2.45) is 0 Å². The molecule has 25 heavy (non-hydrogen) atoms. The van der Waals surface area contributed by atoms with Crippen LogP contribution in [0, 0.1) is 0 Å². The molecular weight excluding hydrogens is 302 g/mol. The average molecular weight is 353 g/mol. The van der Waals surface area contributed by atoms with Crippen LogP contribution in [0.4, 0.5) is 0 Å². The zero-order valence-electron chi connectivity index (χ0n) is 18.0. The van der Waals surface area contributed by atoms with Gasteiger partial charge in [-0.05, 0) is 19.3 Å². The third-order valence-electron chi connectivity index (χ3n) is 6.45. The fraction of sp³-hybridized carbons (Fsp3) is 1.00. The Morgan fingerprint density at radius 2 is 0.840 bits per heavy atom. The van der Waals surface area contributed by atoms with Crippen molar-refractivity contribution in [3.63, 3.8) is 0 Å². The summed E-state index contributed by atoms with van der Waals surface area (Å²) in [6, 6.07) is 0. The van der Waals surface area contributed by atoms with Gasteiger partial charge in [-0.25, -0.2) is 0 Å². The predicted octanol–water partition coefficient (Wildman–Crippen LogP) is 7.88. The molecule has 0 aromatic carbocycles. The lowest BCUT2D eigenvalue weighted by Crippen LogP contribution is -2.46. The van der Waals surface area contributed by atoms with Crippen LogP contribution in [0.2, 0.25) is 0 Å². The molecule has 1 nitrogen and oxygen atoms in total. The maximum atomic E-state index is 2.37. The SMILES string of the molecule is CCCCCCCCCCCCCCCCC[N+]1(CCC)CCCC1. The van der Waals surface area contributed by atoms with Crippen LogP contribution in [0.25, 0.3) is 0 Å². The van der Waals surface area contributed by atoms with Gasteiger partial charge in [-0.15, -0.1) is 0 Å². The highest BCUT2D eigenvalue weighted by molar-refractivity contribution is 4.56. The standard InChI is InChI=1S/C24H50N/c1-3-5-6-7-8-9-10-11-12-13-14-15-16-17-18-22-25(21-4-2)23-19-20-24-25/h3-24H2,1-2H3/q+1. The molecule has 1 aliphatic heterocycles. The van der Waals surface area contributed by atoms with Crippen molar-refractivity contribution < 1.29 is 4.48 Å². The van der Waals surface area contributed by atoms with Gasteiger partial charge in [0.15, 0.2) is 0 Å². The largest absolute Gasteiger partial charge is 0.324 e. The van der Waals surface area contributed by atoms with Crippen LogP contribution in [0.1, 0.15) is 129 Å². The first kappa shape index (κ1) is 23.0. The maximum absolute atomic E-state index is 2.37. The smallest absolute Gasteiger partial charge is 0.0788 e. The van der Waals surface area contributed by atoms with E-state index in [1.165, 1.54) is 146 Å². The number of likely N-dealkylation sites (tertiary alicyclic amines) is 1. The van der Waals surface area contributed by atoms with E-state index >= 15 is 0 Å². The van der Waals surface area contributed by atoms with Gasteiger partial charge in [0, 0.05) is 12.8 Å². The first-order chi connectivity index (χ1) is 12.3. The van der Waals surface area contributed by atoms with Crippen LogP contribution in [-0.4, -0.2) is 30.7 Å². The van der Waals surface area contributed by atoms with Gasteiger partial charge < -0.3 is 4.48 Å². The summed E-state index contributed by atoms with van der Waals surface area (Å²) < 4.78 is 1.47. The molecule has 150 valence electrons. The summed E-state index contributed by atoms with van der Waals surface area (Å²) in [5.74, 6) is 0. The Kier molecular flexibility index (Phi) is 14.9. The number of rotatable bonds is 18. The van der Waals surface area contributed by atoms with Crippen LogP contribution in [-0.2, 0) is 0 Å². The van der Waals surface area contributed by atoms with Crippen LogP contribution < -0.4 is 0 Å². The molecule has 0 saturated carbocycles. The second-order valence-corrected chi connectivity index (χ2v) is 8.89. The molecule has 1 rings (SSSR count). The second-order valence-electron chi connectivity index (χ2n) is 8.89. The summed E-state index contributed by atoms with van der Waals surface area (Å²) >= 11 is 0. The van der Waals surface area contributed by atoms with E-state index in [1.807, 2.05) is 0 Å². The molecule has 0 N–H and O–H groups in total. The molecule has 1 heteroatoms. The van der Waals surface area contributed by atoms with Crippen molar-refractivity contribution in [2.75, 3.05) is 26.2 Å². The molecule has 0 spiro atoms. The van der Waals surface area contributed by atoms with E-state index in [2.05, 4.69) is 13.8 Å². The number of unbranched alkanes of at least 4 members (excludes halogenated alkanes) is 14. The summed E-state index contributed by atoms with van der Waals surface area (Å²) in [6.45, 7) is 10.5. The van der Waals surface area contributed by atoms with Crippen LogP contribution >= 0.6 is 0 Å². The molecule has 1 fully saturated rings. The molecule has 0 aromatic heterocycles. The predicted molar refractivity (Wildman–Crippen MR) is 114 cm³/mol. The molecule has 0 unspecified atom stereocenters. The highest BCUT2D eigenvalue weighted by Gasteiger charge is 2.29. The van der Waals surface area contributed by atoms with Gasteiger partial charge in [0.2, 0.25) is 0 Å². The minimum atomic E-state index is 1.37. The Labute approximate surface area is 160 Å². The van der Waals surface area contributed by atoms with E-state index < -0.39 is 0 Å². The molecule has 0 amide bonds. The minimum absolute atomic E-state index is 1.37. The van der Waals surface area contributed by atoms with Crippen molar-refractivity contribution in [2.45, 2.75) is 129 Å². The molecule has 1 heterocycles. The molecule has 1 aliphatic rings. The first-order valence-corrected chi connectivity index (χ1v) is 12.2. The summed E-state index contributed by atoms with van der Waals surface area (Å²) in [6.07, 6.45) is 26.5. The lowest BCUT2D eigenvalue weighted by Gasteiger charge is -2.34. The second kappa shape index (κ2) is 16.2. The van der Waals surface area contributed by atoms with Crippen LogP contribution in [0.5, 0.6) is 0 Å². The third-order valence-corrected chi connectivity index (χ3v) is 6.45. The quantitative estimate of drug-likeness (QED) is 0.174. The number of hydrogen-bond donors (Lipinski definition) is 0. The van der Waals surface area contributed by atoms with E-state index in [0.29, 0.717) is 0 Å². The minimum Gasteiger partial charge on any atom is -0.324 e. The summed E-state index contributed by atoms with van der Waals surface area (Å²) in [5.41, 5.74) is 0. The molecule has 0 aliphatic carbocycles. The van der Waals surface area contributed by atoms with Gasteiger partial charge in [0.05, 0.1) is 26.2 Å². The van der Waals surface area contributed by atoms with E-state index in [4.69, 9.17) is 0 Å². The van der Waals surface area contributed by atoms with Gasteiger partial charge in [-0.1, -0.05) is 97.3 Å². The van der Waals surface area contributed by atoms with Crippen molar-refractivity contribution in [3.8, 4) is 0 Å². The molecule has 0 aromatic rings. The molecule has 1 saturated heterocycles. The average Bonchev–Trinajstić information content (AvgIpc) is 3.07. The van der Waals surface area contributed by atoms with Gasteiger partial charge in [-0.3, -0.25) is 0 Å². The Bertz CT molecular complexity index is 267. The normalized spacial score (nSPS) is 16.6. The van der Waals surface area contributed by atoms with Crippen LogP contribution in [0.15, 0.2) is 0 Å². The molecule has 0 atom stereocenters. The Hall–Kier alpha value is -0.0400. The topological polar surface area (TPSA) is 0 Å². The van der Waals surface area contributed by atoms with Crippen LogP contribution in [0.3, 0.4) is 0 Å². The number of hydrogen-bond acceptors (Lipinski definition) is 0. The first-order valence-electron chi connectivity index (χ1n) is 12.2. The Morgan fingerprint density at radius 3 is 1.24 bits per heavy atom. The van der Waals surface area contributed by atoms with E-state index in [9.17, 15) is 0 Å². The highest BCUT2D eigenvalue weighted by atomic mass is 15.4. The van der Waals surface area contributed by atoms with Crippen molar-refractivity contribution in [1.82, 2.24) is 0 Å². The summed E-state index contributed by atoms with van der Waals surface area (Å²) in [4.78, 5) is 0. The van der Waals surface area contributed by atoms with E-state index in [-0.39, 0.29) is 0 Å². The fourth-order valence-electron chi connectivity index (χ4n) is 4.86. The Balaban J connectivity index is 1.78. The molecular formula is C24H50N+. The Morgan fingerprint density at radius 1 is 0.440 bits per heavy atom. The monoisotopic (exact) mass is 352 g/mol. The van der Waals surface area contributed by atoms with Gasteiger partial charge in [-0.2, -0.15) is 0 Å². The van der Waals surface area contributed by atoms with Gasteiger partial charge in [0.1, 0.15) is 0 Å². The zero-order valence-corrected chi connectivity index (χ0v) is 18.0. The van der Waals surface area contributed by atoms with Gasteiger partial charge >= 0.3 is 0 Å². The van der Waals surface area contributed by atoms with E-state index in [1.54, 1.807) is 0 Å². The summed E-state index contributed by atoms with van der Waals surface area (Å²) in [5, 5.41) is 0. The van der Waals surface area contributed by atoms with Crippen molar-refractivity contribution >= 4 is 0 Å². The fourth-order valence-corrected chi connectivity index (χ4v) is 4.86. The van der Waals surface area contributed by atoms with Gasteiger partial charge in [0.25, 0.3) is 0 Å². The number of nitrogens with zero attached hydrogens (tertiary/aromatic N) is 1. The summed E-state index contributed by atoms with van der Waals surface area (Å²) in [7, 11) is 0.